The van der Waals surface area contributed by atoms with Gasteiger partial charge in [-0.3, -0.25) is 4.57 Å². The van der Waals surface area contributed by atoms with E-state index >= 15 is 0 Å². The summed E-state index contributed by atoms with van der Waals surface area (Å²) in [7, 11) is 0. The normalized spacial score (nSPS) is 10.3. The van der Waals surface area contributed by atoms with Gasteiger partial charge in [-0.15, -0.1) is 0 Å². The molecular formula is C17H14FN5O2. The first-order valence-corrected chi connectivity index (χ1v) is 7.45. The summed E-state index contributed by atoms with van der Waals surface area (Å²) >= 11 is 0. The van der Waals surface area contributed by atoms with E-state index < -0.39 is 5.82 Å². The molecule has 8 heteroatoms. The smallest absolute Gasteiger partial charge is 0.250 e. The molecule has 3 heterocycles. The summed E-state index contributed by atoms with van der Waals surface area (Å²) in [5.41, 5.74) is 0.139. The lowest BCUT2D eigenvalue weighted by atomic mass is 10.3. The van der Waals surface area contributed by atoms with Crippen molar-refractivity contribution >= 4 is 0 Å². The van der Waals surface area contributed by atoms with Crippen LogP contribution in [-0.2, 0) is 0 Å². The van der Waals surface area contributed by atoms with Crippen LogP contribution in [0.15, 0.2) is 43.0 Å². The van der Waals surface area contributed by atoms with Crippen LogP contribution in [0.5, 0.6) is 11.6 Å². The Morgan fingerprint density at radius 2 is 2.00 bits per heavy atom. The highest BCUT2D eigenvalue weighted by Gasteiger charge is 2.07. The first kappa shape index (κ1) is 16.4. The topological polar surface area (TPSA) is 85.9 Å². The minimum absolute atomic E-state index is 0.109. The largest absolute Gasteiger partial charge is 0.490 e. The van der Waals surface area contributed by atoms with Gasteiger partial charge >= 0.3 is 0 Å². The van der Waals surface area contributed by atoms with Crippen LogP contribution in [0.3, 0.4) is 0 Å². The number of rotatable bonds is 6. The highest BCUT2D eigenvalue weighted by Crippen LogP contribution is 2.16. The van der Waals surface area contributed by atoms with Gasteiger partial charge in [0.25, 0.3) is 5.88 Å². The minimum Gasteiger partial charge on any atom is -0.490 e. The fourth-order valence-electron chi connectivity index (χ4n) is 2.13. The van der Waals surface area contributed by atoms with Gasteiger partial charge in [-0.05, 0) is 19.1 Å². The van der Waals surface area contributed by atoms with Crippen molar-refractivity contribution in [3.05, 3.63) is 60.2 Å². The maximum atomic E-state index is 13.6. The predicted octanol–water partition coefficient (Wildman–Crippen LogP) is 2.44. The van der Waals surface area contributed by atoms with Crippen molar-refractivity contribution in [3.8, 4) is 23.5 Å². The van der Waals surface area contributed by atoms with Crippen LogP contribution in [0.25, 0.3) is 5.82 Å². The predicted molar refractivity (Wildman–Crippen MR) is 86.0 cm³/mol. The van der Waals surface area contributed by atoms with Crippen LogP contribution in [0.4, 0.5) is 4.39 Å². The summed E-state index contributed by atoms with van der Waals surface area (Å²) in [6.45, 7) is 2.19. The molecule has 3 aromatic rings. The zero-order valence-electron chi connectivity index (χ0n) is 13.4. The first-order valence-electron chi connectivity index (χ1n) is 7.45. The molecule has 0 aliphatic heterocycles. The lowest BCUT2D eigenvalue weighted by Gasteiger charge is -2.10. The summed E-state index contributed by atoms with van der Waals surface area (Å²) < 4.78 is 26.3. The number of imidazole rings is 1. The Hall–Kier alpha value is -3.47. The molecule has 3 rings (SSSR count). The van der Waals surface area contributed by atoms with Gasteiger partial charge in [0.05, 0.1) is 5.56 Å². The Balaban J connectivity index is 1.56. The van der Waals surface area contributed by atoms with Gasteiger partial charge in [-0.25, -0.2) is 19.3 Å². The molecule has 0 aromatic carbocycles. The molecule has 0 aliphatic rings. The molecule has 0 radical (unpaired) electrons. The zero-order chi connectivity index (χ0) is 17.6. The van der Waals surface area contributed by atoms with Gasteiger partial charge in [-0.2, -0.15) is 5.26 Å². The number of hydrogen-bond donors (Lipinski definition) is 0. The molecule has 25 heavy (non-hydrogen) atoms. The Kier molecular flexibility index (Phi) is 4.85. The van der Waals surface area contributed by atoms with E-state index in [1.54, 1.807) is 24.5 Å². The Morgan fingerprint density at radius 1 is 1.16 bits per heavy atom. The molecule has 0 aliphatic carbocycles. The summed E-state index contributed by atoms with van der Waals surface area (Å²) in [4.78, 5) is 12.2. The molecule has 0 N–H and O–H groups in total. The van der Waals surface area contributed by atoms with Crippen LogP contribution in [0.1, 0.15) is 11.4 Å². The standard InChI is InChI=1S/C17H14FN5O2/c1-12-20-4-5-23(12)16-9-14(2-3-21-16)24-6-7-25-17-15(18)8-13(10-19)11-22-17/h2-5,8-9,11H,6-7H2,1H3. The summed E-state index contributed by atoms with van der Waals surface area (Å²) in [5.74, 6) is 1.27. The van der Waals surface area contributed by atoms with Gasteiger partial charge in [0, 0.05) is 30.9 Å². The molecular weight excluding hydrogens is 325 g/mol. The van der Waals surface area contributed by atoms with E-state index in [0.717, 1.165) is 11.9 Å². The molecule has 0 amide bonds. The molecule has 0 unspecified atom stereocenters. The Morgan fingerprint density at radius 3 is 2.72 bits per heavy atom. The molecule has 0 atom stereocenters. The Labute approximate surface area is 143 Å². The maximum Gasteiger partial charge on any atom is 0.250 e. The van der Waals surface area contributed by atoms with Crippen LogP contribution >= 0.6 is 0 Å². The third kappa shape index (κ3) is 3.90. The van der Waals surface area contributed by atoms with Crippen molar-refractivity contribution < 1.29 is 13.9 Å². The van der Waals surface area contributed by atoms with Crippen molar-refractivity contribution in [1.82, 2.24) is 19.5 Å². The van der Waals surface area contributed by atoms with Gasteiger partial charge in [0.2, 0.25) is 0 Å². The molecule has 0 saturated carbocycles. The SMILES string of the molecule is Cc1nccn1-c1cc(OCCOc2ncc(C#N)cc2F)ccn1. The number of pyridine rings is 2. The first-order chi connectivity index (χ1) is 12.2. The van der Waals surface area contributed by atoms with E-state index in [2.05, 4.69) is 15.0 Å². The quantitative estimate of drug-likeness (QED) is 0.641. The molecule has 0 bridgehead atoms. The highest BCUT2D eigenvalue weighted by molar-refractivity contribution is 5.33. The van der Waals surface area contributed by atoms with Gasteiger partial charge in [0.1, 0.15) is 36.7 Å². The molecule has 7 nitrogen and oxygen atoms in total. The van der Waals surface area contributed by atoms with E-state index in [1.807, 2.05) is 23.8 Å². The van der Waals surface area contributed by atoms with Crippen LogP contribution in [0, 0.1) is 24.1 Å². The van der Waals surface area contributed by atoms with Gasteiger partial charge in [0.15, 0.2) is 5.82 Å². The number of hydrogen-bond acceptors (Lipinski definition) is 6. The van der Waals surface area contributed by atoms with E-state index in [0.29, 0.717) is 11.6 Å². The lowest BCUT2D eigenvalue weighted by molar-refractivity contribution is 0.205. The number of halogens is 1. The van der Waals surface area contributed by atoms with Crippen molar-refractivity contribution in [1.29, 1.82) is 5.26 Å². The zero-order valence-corrected chi connectivity index (χ0v) is 13.4. The second-order valence-corrected chi connectivity index (χ2v) is 5.01. The number of nitriles is 1. The average Bonchev–Trinajstić information content (AvgIpc) is 3.06. The summed E-state index contributed by atoms with van der Waals surface area (Å²) in [6.07, 6.45) is 6.39. The van der Waals surface area contributed by atoms with Crippen LogP contribution < -0.4 is 9.47 Å². The van der Waals surface area contributed by atoms with E-state index in [1.165, 1.54) is 6.20 Å². The van der Waals surface area contributed by atoms with Crippen LogP contribution in [-0.4, -0.2) is 32.7 Å². The van der Waals surface area contributed by atoms with Crippen molar-refractivity contribution in [2.45, 2.75) is 6.92 Å². The molecule has 126 valence electrons. The fourth-order valence-corrected chi connectivity index (χ4v) is 2.13. The van der Waals surface area contributed by atoms with Gasteiger partial charge in [-0.1, -0.05) is 0 Å². The van der Waals surface area contributed by atoms with Crippen molar-refractivity contribution in [2.75, 3.05) is 13.2 Å². The second kappa shape index (κ2) is 7.40. The van der Waals surface area contributed by atoms with Crippen LogP contribution in [0.2, 0.25) is 0 Å². The number of nitrogens with zero attached hydrogens (tertiary/aromatic N) is 5. The number of aryl methyl sites for hydroxylation is 1. The number of aromatic nitrogens is 4. The van der Waals surface area contributed by atoms with Gasteiger partial charge < -0.3 is 9.47 Å². The highest BCUT2D eigenvalue weighted by atomic mass is 19.1. The van der Waals surface area contributed by atoms with Crippen molar-refractivity contribution in [2.24, 2.45) is 0 Å². The monoisotopic (exact) mass is 339 g/mol. The molecule has 0 saturated heterocycles. The third-order valence-corrected chi connectivity index (χ3v) is 3.32. The summed E-state index contributed by atoms with van der Waals surface area (Å²) in [6, 6.07) is 6.38. The van der Waals surface area contributed by atoms with Crippen molar-refractivity contribution in [3.63, 3.8) is 0 Å². The van der Waals surface area contributed by atoms with E-state index in [4.69, 9.17) is 14.7 Å². The molecule has 3 aromatic heterocycles. The maximum absolute atomic E-state index is 13.6. The average molecular weight is 339 g/mol. The van der Waals surface area contributed by atoms with E-state index in [9.17, 15) is 4.39 Å². The Bertz CT molecular complexity index is 919. The van der Waals surface area contributed by atoms with E-state index in [-0.39, 0.29) is 24.7 Å². The minimum atomic E-state index is -0.680. The number of ether oxygens (including phenoxy) is 2. The molecule has 0 fully saturated rings. The fraction of sp³-hybridized carbons (Fsp3) is 0.176. The second-order valence-electron chi connectivity index (χ2n) is 5.01. The summed E-state index contributed by atoms with van der Waals surface area (Å²) in [5, 5.41) is 8.67. The lowest BCUT2D eigenvalue weighted by Crippen LogP contribution is -2.11. The molecule has 0 spiro atoms. The third-order valence-electron chi connectivity index (χ3n) is 3.32.